The second-order valence-corrected chi connectivity index (χ2v) is 3.33. The summed E-state index contributed by atoms with van der Waals surface area (Å²) in [5.41, 5.74) is 6.94. The van der Waals surface area contributed by atoms with Crippen molar-refractivity contribution >= 4 is 17.3 Å². The quantitative estimate of drug-likeness (QED) is 0.538. The van der Waals surface area contributed by atoms with Crippen molar-refractivity contribution in [1.82, 2.24) is 0 Å². The van der Waals surface area contributed by atoms with Gasteiger partial charge in [-0.15, -0.1) is 0 Å². The molecule has 1 aromatic carbocycles. The number of aliphatic hydroxyl groups is 1. The highest BCUT2D eigenvalue weighted by atomic mass is 16.3. The number of aliphatic hydroxyl groups excluding tert-OH is 1. The molecule has 0 unspecified atom stereocenters. The molecule has 0 heterocycles. The van der Waals surface area contributed by atoms with E-state index in [1.165, 1.54) is 0 Å². The van der Waals surface area contributed by atoms with Gasteiger partial charge in [-0.25, -0.2) is 0 Å². The molecular weight excluding hydrogens is 194 g/mol. The lowest BCUT2D eigenvalue weighted by atomic mass is 10.1. The summed E-state index contributed by atoms with van der Waals surface area (Å²) >= 11 is 0. The van der Waals surface area contributed by atoms with Crippen LogP contribution in [0, 0.1) is 0 Å². The Balaban J connectivity index is 2.51. The summed E-state index contributed by atoms with van der Waals surface area (Å²) in [4.78, 5) is 22.1. The van der Waals surface area contributed by atoms with Crippen molar-refractivity contribution in [1.29, 1.82) is 0 Å². The Morgan fingerprint density at radius 3 is 2.27 bits per heavy atom. The van der Waals surface area contributed by atoms with Crippen LogP contribution in [-0.4, -0.2) is 23.3 Å². The van der Waals surface area contributed by atoms with Crippen molar-refractivity contribution in [2.75, 3.05) is 12.3 Å². The summed E-state index contributed by atoms with van der Waals surface area (Å²) in [6.07, 6.45) is -0.00705. The third kappa shape index (κ3) is 3.91. The van der Waals surface area contributed by atoms with Gasteiger partial charge < -0.3 is 10.8 Å². The van der Waals surface area contributed by atoms with Gasteiger partial charge in [-0.05, 0) is 17.7 Å². The van der Waals surface area contributed by atoms with Gasteiger partial charge in [0.25, 0.3) is 0 Å². The number of carbonyl (C=O) groups is 2. The number of anilines is 1. The number of hydrogen-bond donors (Lipinski definition) is 2. The summed E-state index contributed by atoms with van der Waals surface area (Å²) in [6, 6.07) is 6.90. The predicted octanol–water partition coefficient (Wildman–Crippen LogP) is 0.332. The minimum Gasteiger partial charge on any atom is -0.399 e. The molecule has 0 amide bonds. The Kier molecular flexibility index (Phi) is 4.00. The smallest absolute Gasteiger partial charge is 0.165 e. The van der Waals surface area contributed by atoms with Crippen LogP contribution in [0.3, 0.4) is 0 Å². The number of nitrogens with two attached hydrogens (primary N) is 1. The molecule has 15 heavy (non-hydrogen) atoms. The number of benzene rings is 1. The summed E-state index contributed by atoms with van der Waals surface area (Å²) in [5, 5.41) is 8.47. The number of ketones is 2. The maximum absolute atomic E-state index is 11.3. The molecule has 0 fully saturated rings. The summed E-state index contributed by atoms with van der Waals surface area (Å²) < 4.78 is 0. The molecule has 0 aromatic heterocycles. The Bertz CT molecular complexity index is 357. The summed E-state index contributed by atoms with van der Waals surface area (Å²) in [7, 11) is 0. The normalized spacial score (nSPS) is 9.93. The van der Waals surface area contributed by atoms with Gasteiger partial charge in [0.05, 0.1) is 6.42 Å². The zero-order valence-electron chi connectivity index (χ0n) is 8.27. The first-order valence-electron chi connectivity index (χ1n) is 4.60. The lowest BCUT2D eigenvalue weighted by Crippen LogP contribution is -2.13. The third-order valence-electron chi connectivity index (χ3n) is 1.95. The fraction of sp³-hybridized carbons (Fsp3) is 0.273. The molecule has 1 aromatic rings. The van der Waals surface area contributed by atoms with E-state index in [1.807, 2.05) is 0 Å². The van der Waals surface area contributed by atoms with E-state index < -0.39 is 12.4 Å². The molecule has 0 aliphatic carbocycles. The van der Waals surface area contributed by atoms with Crippen LogP contribution in [0.2, 0.25) is 0 Å². The van der Waals surface area contributed by atoms with Crippen molar-refractivity contribution in [3.8, 4) is 0 Å². The Labute approximate surface area is 87.7 Å². The van der Waals surface area contributed by atoms with Crippen molar-refractivity contribution in [2.24, 2.45) is 0 Å². The van der Waals surface area contributed by atoms with Gasteiger partial charge in [-0.3, -0.25) is 9.59 Å². The molecule has 0 atom stereocenters. The van der Waals surface area contributed by atoms with Crippen LogP contribution < -0.4 is 5.73 Å². The molecule has 0 bridgehead atoms. The van der Waals surface area contributed by atoms with Gasteiger partial charge in [0.2, 0.25) is 0 Å². The maximum atomic E-state index is 11.3. The van der Waals surface area contributed by atoms with Crippen molar-refractivity contribution in [3.05, 3.63) is 29.8 Å². The fourth-order valence-corrected chi connectivity index (χ4v) is 1.20. The van der Waals surface area contributed by atoms with Crippen LogP contribution in [0.5, 0.6) is 0 Å². The van der Waals surface area contributed by atoms with E-state index in [4.69, 9.17) is 10.8 Å². The van der Waals surface area contributed by atoms with Gasteiger partial charge in [-0.2, -0.15) is 0 Å². The highest BCUT2D eigenvalue weighted by Crippen LogP contribution is 2.07. The van der Waals surface area contributed by atoms with Crippen LogP contribution in [-0.2, 0) is 16.0 Å². The van der Waals surface area contributed by atoms with Gasteiger partial charge in [-0.1, -0.05) is 12.1 Å². The largest absolute Gasteiger partial charge is 0.399 e. The first-order valence-corrected chi connectivity index (χ1v) is 4.60. The molecule has 0 spiro atoms. The molecular formula is C11H13NO3. The maximum Gasteiger partial charge on any atom is 0.165 e. The van der Waals surface area contributed by atoms with E-state index in [-0.39, 0.29) is 18.6 Å². The van der Waals surface area contributed by atoms with Crippen LogP contribution in [0.15, 0.2) is 24.3 Å². The zero-order valence-corrected chi connectivity index (χ0v) is 8.27. The molecule has 1 rings (SSSR count). The minimum absolute atomic E-state index is 0.196. The number of nitrogen functional groups attached to an aromatic ring is 1. The zero-order chi connectivity index (χ0) is 11.3. The molecule has 80 valence electrons. The van der Waals surface area contributed by atoms with Crippen molar-refractivity contribution in [3.63, 3.8) is 0 Å². The first kappa shape index (κ1) is 11.4. The molecule has 0 radical (unpaired) electrons. The monoisotopic (exact) mass is 207 g/mol. The lowest BCUT2D eigenvalue weighted by molar-refractivity contribution is -0.128. The topological polar surface area (TPSA) is 80.4 Å². The van der Waals surface area contributed by atoms with Crippen LogP contribution in [0.1, 0.15) is 12.0 Å². The Morgan fingerprint density at radius 2 is 1.73 bits per heavy atom. The SMILES string of the molecule is Nc1ccc(CC(=O)CC(=O)CO)cc1. The second kappa shape index (κ2) is 5.26. The standard InChI is InChI=1S/C11H13NO3/c12-9-3-1-8(2-4-9)5-10(14)6-11(15)7-13/h1-4,13H,5-7,12H2. The summed E-state index contributed by atoms with van der Waals surface area (Å²) in [5.74, 6) is -0.644. The molecule has 0 saturated heterocycles. The van der Waals surface area contributed by atoms with E-state index in [0.717, 1.165) is 5.56 Å². The van der Waals surface area contributed by atoms with Gasteiger partial charge in [0, 0.05) is 12.1 Å². The lowest BCUT2D eigenvalue weighted by Gasteiger charge is -2.00. The molecule has 0 aliphatic rings. The number of Topliss-reactive ketones (excluding diaryl/α,β-unsaturated/α-hetero) is 2. The fourth-order valence-electron chi connectivity index (χ4n) is 1.20. The highest BCUT2D eigenvalue weighted by Gasteiger charge is 2.08. The van der Waals surface area contributed by atoms with E-state index in [1.54, 1.807) is 24.3 Å². The van der Waals surface area contributed by atoms with Crippen LogP contribution in [0.25, 0.3) is 0 Å². The molecule has 0 saturated carbocycles. The Hall–Kier alpha value is -1.68. The molecule has 4 heteroatoms. The van der Waals surface area contributed by atoms with Crippen LogP contribution in [0.4, 0.5) is 5.69 Å². The number of rotatable bonds is 5. The average molecular weight is 207 g/mol. The van der Waals surface area contributed by atoms with Gasteiger partial charge in [0.15, 0.2) is 5.78 Å². The van der Waals surface area contributed by atoms with Crippen LogP contribution >= 0.6 is 0 Å². The highest BCUT2D eigenvalue weighted by molar-refractivity contribution is 6.00. The first-order chi connectivity index (χ1) is 7.11. The predicted molar refractivity (Wildman–Crippen MR) is 56.3 cm³/mol. The summed E-state index contributed by atoms with van der Waals surface area (Å²) in [6.45, 7) is -0.576. The van der Waals surface area contributed by atoms with Crippen molar-refractivity contribution < 1.29 is 14.7 Å². The third-order valence-corrected chi connectivity index (χ3v) is 1.95. The molecule has 3 N–H and O–H groups in total. The number of hydrogen-bond acceptors (Lipinski definition) is 4. The van der Waals surface area contributed by atoms with Gasteiger partial charge in [0.1, 0.15) is 12.4 Å². The average Bonchev–Trinajstić information content (AvgIpc) is 2.21. The van der Waals surface area contributed by atoms with E-state index in [0.29, 0.717) is 5.69 Å². The second-order valence-electron chi connectivity index (χ2n) is 3.33. The van der Waals surface area contributed by atoms with E-state index in [2.05, 4.69) is 0 Å². The molecule has 0 aliphatic heterocycles. The molecule has 4 nitrogen and oxygen atoms in total. The van der Waals surface area contributed by atoms with E-state index >= 15 is 0 Å². The van der Waals surface area contributed by atoms with Crippen molar-refractivity contribution in [2.45, 2.75) is 12.8 Å². The van der Waals surface area contributed by atoms with E-state index in [9.17, 15) is 9.59 Å². The Morgan fingerprint density at radius 1 is 1.13 bits per heavy atom. The number of carbonyl (C=O) groups excluding carboxylic acids is 2. The van der Waals surface area contributed by atoms with Gasteiger partial charge >= 0.3 is 0 Å². The minimum atomic E-state index is -0.576.